The number of halogens is 3. The number of H-pyrrole nitrogens is 1. The predicted molar refractivity (Wildman–Crippen MR) is 153 cm³/mol. The first-order valence-corrected chi connectivity index (χ1v) is 13.8. The van der Waals surface area contributed by atoms with Crippen LogP contribution in [-0.2, 0) is 6.54 Å². The zero-order valence-electron chi connectivity index (χ0n) is 21.9. The smallest absolute Gasteiger partial charge is 0.333 e. The summed E-state index contributed by atoms with van der Waals surface area (Å²) in [5.41, 5.74) is 2.40. The summed E-state index contributed by atoms with van der Waals surface area (Å²) in [7, 11) is 0. The number of pyridine rings is 1. The summed E-state index contributed by atoms with van der Waals surface area (Å²) >= 11 is 5.91. The summed E-state index contributed by atoms with van der Waals surface area (Å²) in [5.74, 6) is 0.346. The van der Waals surface area contributed by atoms with E-state index in [1.54, 1.807) is 17.0 Å². The highest BCUT2D eigenvalue weighted by atomic mass is 35.5. The van der Waals surface area contributed by atoms with Crippen LogP contribution in [0.25, 0.3) is 28.1 Å². The van der Waals surface area contributed by atoms with E-state index in [1.165, 1.54) is 6.07 Å². The van der Waals surface area contributed by atoms with Gasteiger partial charge in [-0.05, 0) is 61.9 Å². The van der Waals surface area contributed by atoms with Crippen molar-refractivity contribution < 1.29 is 13.6 Å². The molecule has 0 radical (unpaired) electrons. The van der Waals surface area contributed by atoms with Crippen molar-refractivity contribution in [3.8, 4) is 17.1 Å². The van der Waals surface area contributed by atoms with Crippen LogP contribution in [0, 0.1) is 5.92 Å². The largest absolute Gasteiger partial charge is 0.349 e. The van der Waals surface area contributed by atoms with E-state index in [4.69, 9.17) is 11.6 Å². The first-order chi connectivity index (χ1) is 19.9. The van der Waals surface area contributed by atoms with Gasteiger partial charge in [0.05, 0.1) is 27.3 Å². The first kappa shape index (κ1) is 26.9. The molecule has 5 aromatic rings. The van der Waals surface area contributed by atoms with Crippen molar-refractivity contribution in [2.24, 2.45) is 5.92 Å². The quantitative estimate of drug-likeness (QED) is 0.242. The second-order valence-corrected chi connectivity index (χ2v) is 10.7. The fourth-order valence-corrected chi connectivity index (χ4v) is 5.82. The van der Waals surface area contributed by atoms with Crippen LogP contribution in [0.4, 0.5) is 8.78 Å². The van der Waals surface area contributed by atoms with Gasteiger partial charge in [0.25, 0.3) is 12.3 Å². The fourth-order valence-electron chi connectivity index (χ4n) is 5.67. The molecule has 1 saturated carbocycles. The number of rotatable bonds is 7. The highest BCUT2D eigenvalue weighted by molar-refractivity contribution is 6.30. The van der Waals surface area contributed by atoms with Crippen molar-refractivity contribution in [1.82, 2.24) is 29.4 Å². The summed E-state index contributed by atoms with van der Waals surface area (Å²) in [6.07, 6.45) is 4.59. The number of imidazole rings is 2. The highest BCUT2D eigenvalue weighted by Crippen LogP contribution is 2.29. The third-order valence-corrected chi connectivity index (χ3v) is 7.88. The van der Waals surface area contributed by atoms with Crippen molar-refractivity contribution in [3.05, 3.63) is 100.0 Å². The lowest BCUT2D eigenvalue weighted by Gasteiger charge is -2.29. The molecular formula is C30H27ClF2N6O2. The average molecular weight is 577 g/mol. The number of carbonyl (C=O) groups excluding carboxylic acids is 1. The Hall–Kier alpha value is -4.31. The Morgan fingerprint density at radius 1 is 1.05 bits per heavy atom. The second-order valence-electron chi connectivity index (χ2n) is 10.3. The normalized spacial score (nSPS) is 17.3. The van der Waals surface area contributed by atoms with Gasteiger partial charge in [0.2, 0.25) is 0 Å². The van der Waals surface area contributed by atoms with E-state index in [1.807, 2.05) is 53.1 Å². The SMILES string of the molecule is O=C(NC1CCC(Cn2c(=O)n(-c3cccc(-c4ncc[nH]4)c3)c3ccccc32)CC1)c1cc(Cl)cnc1C(F)F. The standard InChI is InChI=1S/C30H27ClF2N6O2/c31-20-15-23(26(27(32)33)36-16-20)29(40)37-21-10-8-18(9-11-21)17-38-24-6-1-2-7-25(24)39(30(38)41)22-5-3-4-19(14-22)28-34-12-13-35-28/h1-7,12-16,18,21,27H,8-11,17H2,(H,34,35)(H,37,40). The summed E-state index contributed by atoms with van der Waals surface area (Å²) in [6.45, 7) is 0.540. The first-order valence-electron chi connectivity index (χ1n) is 13.4. The molecule has 3 heterocycles. The van der Waals surface area contributed by atoms with E-state index >= 15 is 0 Å². The van der Waals surface area contributed by atoms with Crippen LogP contribution >= 0.6 is 11.6 Å². The molecule has 0 atom stereocenters. The monoisotopic (exact) mass is 576 g/mol. The summed E-state index contributed by atoms with van der Waals surface area (Å²) in [4.78, 5) is 37.7. The van der Waals surface area contributed by atoms with Crippen molar-refractivity contribution >= 4 is 28.5 Å². The number of aromatic amines is 1. The highest BCUT2D eigenvalue weighted by Gasteiger charge is 2.27. The number of amides is 1. The molecule has 0 aliphatic heterocycles. The van der Waals surface area contributed by atoms with Crippen LogP contribution in [0.15, 0.2) is 78.0 Å². The molecule has 2 N–H and O–H groups in total. The number of nitrogens with zero attached hydrogens (tertiary/aromatic N) is 4. The van der Waals surface area contributed by atoms with Crippen LogP contribution in [0.1, 0.15) is 48.2 Å². The zero-order valence-corrected chi connectivity index (χ0v) is 22.7. The Kier molecular flexibility index (Phi) is 7.40. The van der Waals surface area contributed by atoms with Crippen LogP contribution in [-0.4, -0.2) is 36.0 Å². The number of fused-ring (bicyclic) bond motifs is 1. The van der Waals surface area contributed by atoms with Gasteiger partial charge in [-0.1, -0.05) is 35.9 Å². The van der Waals surface area contributed by atoms with Crippen molar-refractivity contribution in [2.75, 3.05) is 0 Å². The number of benzene rings is 2. The van der Waals surface area contributed by atoms with Gasteiger partial charge in [0.15, 0.2) is 0 Å². The van der Waals surface area contributed by atoms with Gasteiger partial charge in [-0.3, -0.25) is 18.9 Å². The number of hydrogen-bond donors (Lipinski definition) is 2. The maximum atomic E-state index is 13.8. The van der Waals surface area contributed by atoms with Crippen LogP contribution in [0.2, 0.25) is 5.02 Å². The molecule has 0 unspecified atom stereocenters. The molecule has 1 amide bonds. The molecule has 0 saturated heterocycles. The Balaban J connectivity index is 1.19. The summed E-state index contributed by atoms with van der Waals surface area (Å²) in [6, 6.07) is 16.5. The molecule has 1 aliphatic rings. The molecule has 1 aliphatic carbocycles. The Morgan fingerprint density at radius 2 is 1.83 bits per heavy atom. The van der Waals surface area contributed by atoms with E-state index in [2.05, 4.69) is 20.3 Å². The number of hydrogen-bond acceptors (Lipinski definition) is 4. The predicted octanol–water partition coefficient (Wildman–Crippen LogP) is 6.16. The molecule has 8 nitrogen and oxygen atoms in total. The van der Waals surface area contributed by atoms with Gasteiger partial charge in [0, 0.05) is 36.7 Å². The molecule has 11 heteroatoms. The molecule has 0 bridgehead atoms. The second kappa shape index (κ2) is 11.3. The summed E-state index contributed by atoms with van der Waals surface area (Å²) < 4.78 is 30.3. The van der Waals surface area contributed by atoms with Crippen molar-refractivity contribution in [1.29, 1.82) is 0 Å². The van der Waals surface area contributed by atoms with E-state index in [-0.39, 0.29) is 28.2 Å². The van der Waals surface area contributed by atoms with Crippen LogP contribution in [0.3, 0.4) is 0 Å². The van der Waals surface area contributed by atoms with Gasteiger partial charge in [-0.2, -0.15) is 0 Å². The molecule has 0 spiro atoms. The van der Waals surface area contributed by atoms with E-state index in [0.717, 1.165) is 47.1 Å². The van der Waals surface area contributed by atoms with Gasteiger partial charge >= 0.3 is 5.69 Å². The zero-order chi connectivity index (χ0) is 28.5. The Labute approximate surface area is 239 Å². The number of aromatic nitrogens is 5. The molecule has 3 aromatic heterocycles. The fraction of sp³-hybridized carbons (Fsp3) is 0.267. The van der Waals surface area contributed by atoms with E-state index < -0.39 is 18.0 Å². The summed E-state index contributed by atoms with van der Waals surface area (Å²) in [5, 5.41) is 3.00. The van der Waals surface area contributed by atoms with Gasteiger partial charge in [-0.25, -0.2) is 18.6 Å². The maximum absolute atomic E-state index is 13.8. The molecule has 1 fully saturated rings. The van der Waals surface area contributed by atoms with Crippen molar-refractivity contribution in [3.63, 3.8) is 0 Å². The lowest BCUT2D eigenvalue weighted by atomic mass is 9.85. The van der Waals surface area contributed by atoms with Crippen molar-refractivity contribution in [2.45, 2.75) is 44.7 Å². The minimum atomic E-state index is -2.88. The molecular weight excluding hydrogens is 550 g/mol. The minimum absolute atomic E-state index is 0.119. The van der Waals surface area contributed by atoms with Gasteiger partial charge in [-0.15, -0.1) is 0 Å². The topological polar surface area (TPSA) is 97.6 Å². The van der Waals surface area contributed by atoms with E-state index in [9.17, 15) is 18.4 Å². The molecule has 41 heavy (non-hydrogen) atoms. The maximum Gasteiger partial charge on any atom is 0.333 e. The lowest BCUT2D eigenvalue weighted by Crippen LogP contribution is -2.39. The molecule has 210 valence electrons. The Bertz CT molecular complexity index is 1760. The molecule has 2 aromatic carbocycles. The number of carbonyl (C=O) groups is 1. The number of nitrogens with one attached hydrogen (secondary N) is 2. The average Bonchev–Trinajstić information content (AvgIpc) is 3.61. The van der Waals surface area contributed by atoms with Gasteiger partial charge < -0.3 is 10.3 Å². The third-order valence-electron chi connectivity index (χ3n) is 7.67. The minimum Gasteiger partial charge on any atom is -0.349 e. The third kappa shape index (κ3) is 5.39. The van der Waals surface area contributed by atoms with Gasteiger partial charge in [0.1, 0.15) is 11.5 Å². The number of para-hydroxylation sites is 2. The Morgan fingerprint density at radius 3 is 2.56 bits per heavy atom. The van der Waals surface area contributed by atoms with Crippen LogP contribution in [0.5, 0.6) is 0 Å². The lowest BCUT2D eigenvalue weighted by molar-refractivity contribution is 0.0904. The number of alkyl halides is 2. The van der Waals surface area contributed by atoms with Crippen LogP contribution < -0.4 is 11.0 Å². The molecule has 6 rings (SSSR count). The van der Waals surface area contributed by atoms with E-state index in [0.29, 0.717) is 19.4 Å².